The van der Waals surface area contributed by atoms with E-state index in [0.29, 0.717) is 22.7 Å². The molecule has 0 bridgehead atoms. The lowest BCUT2D eigenvalue weighted by Gasteiger charge is -2.11. The van der Waals surface area contributed by atoms with E-state index in [2.05, 4.69) is 17.2 Å². The van der Waals surface area contributed by atoms with Crippen molar-refractivity contribution in [3.8, 4) is 11.8 Å². The number of benzene rings is 1. The molecule has 1 heterocycles. The van der Waals surface area contributed by atoms with Crippen molar-refractivity contribution in [3.63, 3.8) is 0 Å². The van der Waals surface area contributed by atoms with Crippen LogP contribution in [0.3, 0.4) is 0 Å². The molecule has 2 rings (SSSR count). The van der Waals surface area contributed by atoms with E-state index in [1.807, 2.05) is 0 Å². The molecule has 1 aromatic rings. The van der Waals surface area contributed by atoms with E-state index in [4.69, 9.17) is 21.4 Å². The highest BCUT2D eigenvalue weighted by atomic mass is 35.5. The summed E-state index contributed by atoms with van der Waals surface area (Å²) in [4.78, 5) is 12.0. The number of halogens is 1. The molecule has 1 saturated heterocycles. The Bertz CT molecular complexity index is 556. The topological polar surface area (TPSA) is 58.6 Å². The first-order chi connectivity index (χ1) is 10.2. The second-order valence-electron chi connectivity index (χ2n) is 4.87. The van der Waals surface area contributed by atoms with Gasteiger partial charge in [-0.3, -0.25) is 4.79 Å². The van der Waals surface area contributed by atoms with Gasteiger partial charge >= 0.3 is 0 Å². The molecule has 2 N–H and O–H groups in total. The quantitative estimate of drug-likeness (QED) is 0.841. The van der Waals surface area contributed by atoms with Crippen molar-refractivity contribution in [2.45, 2.75) is 31.8 Å². The number of amides is 1. The Hall–Kier alpha value is -1.54. The first kappa shape index (κ1) is 15.8. The maximum absolute atomic E-state index is 12.0. The maximum atomic E-state index is 12.0. The monoisotopic (exact) mass is 307 g/mol. The largest absolute Gasteiger partial charge is 0.384 e. The average molecular weight is 308 g/mol. The number of anilines is 1. The molecule has 1 aliphatic rings. The lowest BCUT2D eigenvalue weighted by atomic mass is 10.1. The van der Waals surface area contributed by atoms with Crippen LogP contribution in [-0.4, -0.2) is 30.3 Å². The Morgan fingerprint density at radius 2 is 2.38 bits per heavy atom. The second-order valence-corrected chi connectivity index (χ2v) is 5.31. The zero-order chi connectivity index (χ0) is 15.1. The van der Waals surface area contributed by atoms with Crippen molar-refractivity contribution < 1.29 is 14.6 Å². The SMILES string of the molecule is O=C(CCC1CCCO1)Nc1cc(Cl)ccc1C#CCO. The molecule has 1 aromatic carbocycles. The zero-order valence-corrected chi connectivity index (χ0v) is 12.4. The third kappa shape index (κ3) is 5.05. The minimum absolute atomic E-state index is 0.0835. The molecule has 21 heavy (non-hydrogen) atoms. The van der Waals surface area contributed by atoms with Gasteiger partial charge in [0, 0.05) is 23.6 Å². The molecule has 0 aromatic heterocycles. The number of aliphatic hydroxyl groups is 1. The van der Waals surface area contributed by atoms with E-state index in [9.17, 15) is 4.79 Å². The van der Waals surface area contributed by atoms with Crippen LogP contribution < -0.4 is 5.32 Å². The smallest absolute Gasteiger partial charge is 0.224 e. The van der Waals surface area contributed by atoms with Crippen LogP contribution in [0.4, 0.5) is 5.69 Å². The number of rotatable bonds is 4. The van der Waals surface area contributed by atoms with Crippen molar-refractivity contribution in [1.29, 1.82) is 0 Å². The molecular weight excluding hydrogens is 290 g/mol. The second kappa shape index (κ2) is 8.04. The molecule has 1 amide bonds. The summed E-state index contributed by atoms with van der Waals surface area (Å²) < 4.78 is 5.50. The highest BCUT2D eigenvalue weighted by Gasteiger charge is 2.17. The van der Waals surface area contributed by atoms with Gasteiger partial charge in [0.15, 0.2) is 0 Å². The van der Waals surface area contributed by atoms with Gasteiger partial charge < -0.3 is 15.2 Å². The van der Waals surface area contributed by atoms with Gasteiger partial charge in [0.2, 0.25) is 5.91 Å². The van der Waals surface area contributed by atoms with Crippen molar-refractivity contribution in [1.82, 2.24) is 0 Å². The number of nitrogens with one attached hydrogen (secondary N) is 1. The van der Waals surface area contributed by atoms with E-state index in [0.717, 1.165) is 25.9 Å². The highest BCUT2D eigenvalue weighted by molar-refractivity contribution is 6.31. The standard InChI is InChI=1S/C16H18ClNO3/c17-13-6-5-12(3-1-9-19)15(11-13)18-16(20)8-7-14-4-2-10-21-14/h5-6,11,14,19H,2,4,7-10H2,(H,18,20). The van der Waals surface area contributed by atoms with Gasteiger partial charge in [-0.1, -0.05) is 23.4 Å². The molecule has 0 radical (unpaired) electrons. The molecule has 1 unspecified atom stereocenters. The molecule has 112 valence electrons. The van der Waals surface area contributed by atoms with Crippen molar-refractivity contribution >= 4 is 23.2 Å². The van der Waals surface area contributed by atoms with Crippen LogP contribution in [0.5, 0.6) is 0 Å². The van der Waals surface area contributed by atoms with Crippen LogP contribution in [0.25, 0.3) is 0 Å². The van der Waals surface area contributed by atoms with Crippen LogP contribution in [0.15, 0.2) is 18.2 Å². The highest BCUT2D eigenvalue weighted by Crippen LogP contribution is 2.22. The number of hydrogen-bond acceptors (Lipinski definition) is 3. The van der Waals surface area contributed by atoms with Crippen LogP contribution in [-0.2, 0) is 9.53 Å². The Labute approximate surface area is 129 Å². The normalized spacial score (nSPS) is 17.1. The third-order valence-corrected chi connectivity index (χ3v) is 3.51. The number of ether oxygens (including phenoxy) is 1. The molecular formula is C16H18ClNO3. The van der Waals surface area contributed by atoms with Gasteiger partial charge in [0.1, 0.15) is 6.61 Å². The Kier molecular flexibility index (Phi) is 6.06. The first-order valence-electron chi connectivity index (χ1n) is 7.00. The summed E-state index contributed by atoms with van der Waals surface area (Å²) >= 11 is 5.95. The van der Waals surface area contributed by atoms with Crippen molar-refractivity contribution in [2.75, 3.05) is 18.5 Å². The number of aliphatic hydroxyl groups excluding tert-OH is 1. The zero-order valence-electron chi connectivity index (χ0n) is 11.7. The summed E-state index contributed by atoms with van der Waals surface area (Å²) in [6.45, 7) is 0.566. The van der Waals surface area contributed by atoms with E-state index < -0.39 is 0 Å². The van der Waals surface area contributed by atoms with Crippen molar-refractivity contribution in [3.05, 3.63) is 28.8 Å². The van der Waals surface area contributed by atoms with E-state index in [1.165, 1.54) is 0 Å². The summed E-state index contributed by atoms with van der Waals surface area (Å²) in [5, 5.41) is 12.1. The molecule has 4 nitrogen and oxygen atoms in total. The Morgan fingerprint density at radius 3 is 3.10 bits per heavy atom. The molecule has 5 heteroatoms. The van der Waals surface area contributed by atoms with Crippen LogP contribution in [0, 0.1) is 11.8 Å². The van der Waals surface area contributed by atoms with Gasteiger partial charge in [0.25, 0.3) is 0 Å². The summed E-state index contributed by atoms with van der Waals surface area (Å²) in [7, 11) is 0. The summed E-state index contributed by atoms with van der Waals surface area (Å²) in [5.74, 6) is 5.28. The summed E-state index contributed by atoms with van der Waals surface area (Å²) in [5.41, 5.74) is 1.21. The van der Waals surface area contributed by atoms with Gasteiger partial charge in [-0.2, -0.15) is 0 Å². The van der Waals surface area contributed by atoms with E-state index in [-0.39, 0.29) is 18.6 Å². The summed E-state index contributed by atoms with van der Waals surface area (Å²) in [6.07, 6.45) is 3.43. The van der Waals surface area contributed by atoms with Gasteiger partial charge in [-0.25, -0.2) is 0 Å². The fourth-order valence-electron chi connectivity index (χ4n) is 2.24. The predicted molar refractivity (Wildman–Crippen MR) is 82.3 cm³/mol. The number of carbonyl (C=O) groups excluding carboxylic acids is 1. The van der Waals surface area contributed by atoms with Gasteiger partial charge in [-0.05, 0) is 37.5 Å². The minimum atomic E-state index is -0.227. The van der Waals surface area contributed by atoms with E-state index in [1.54, 1.807) is 18.2 Å². The molecule has 1 aliphatic heterocycles. The average Bonchev–Trinajstić information content (AvgIpc) is 2.98. The van der Waals surface area contributed by atoms with Crippen LogP contribution in [0.2, 0.25) is 5.02 Å². The van der Waals surface area contributed by atoms with Crippen LogP contribution in [0.1, 0.15) is 31.2 Å². The molecule has 0 spiro atoms. The first-order valence-corrected chi connectivity index (χ1v) is 7.37. The molecule has 1 fully saturated rings. The molecule has 0 saturated carbocycles. The fraction of sp³-hybridized carbons (Fsp3) is 0.438. The van der Waals surface area contributed by atoms with E-state index >= 15 is 0 Å². The fourth-order valence-corrected chi connectivity index (χ4v) is 2.41. The molecule has 1 atom stereocenters. The minimum Gasteiger partial charge on any atom is -0.384 e. The lowest BCUT2D eigenvalue weighted by molar-refractivity contribution is -0.116. The van der Waals surface area contributed by atoms with Crippen molar-refractivity contribution in [2.24, 2.45) is 0 Å². The van der Waals surface area contributed by atoms with Gasteiger partial charge in [0.05, 0.1) is 11.8 Å². The van der Waals surface area contributed by atoms with Gasteiger partial charge in [-0.15, -0.1) is 0 Å². The lowest BCUT2D eigenvalue weighted by Crippen LogP contribution is -2.15. The number of hydrogen-bond donors (Lipinski definition) is 2. The number of carbonyl (C=O) groups is 1. The maximum Gasteiger partial charge on any atom is 0.224 e. The predicted octanol–water partition coefficient (Wildman–Crippen LogP) is 2.58. The Morgan fingerprint density at radius 1 is 1.52 bits per heavy atom. The summed E-state index contributed by atoms with van der Waals surface area (Å²) in [6, 6.07) is 5.08. The molecule has 0 aliphatic carbocycles. The van der Waals surface area contributed by atoms with Crippen LogP contribution >= 0.6 is 11.6 Å². The third-order valence-electron chi connectivity index (χ3n) is 3.28. The Balaban J connectivity index is 1.96.